The third kappa shape index (κ3) is 5.30. The Morgan fingerprint density at radius 1 is 1.06 bits per heavy atom. The van der Waals surface area contributed by atoms with Crippen LogP contribution < -0.4 is 26.9 Å². The highest BCUT2D eigenvalue weighted by atomic mass is 19.1. The molecule has 11 heteroatoms. The first-order valence-electron chi connectivity index (χ1n) is 10.9. The van der Waals surface area contributed by atoms with Gasteiger partial charge in [-0.2, -0.15) is 5.10 Å². The Morgan fingerprint density at radius 3 is 2.53 bits per heavy atom. The molecule has 2 aromatic carbocycles. The second-order valence-electron chi connectivity index (χ2n) is 7.75. The summed E-state index contributed by atoms with van der Waals surface area (Å²) in [5.74, 6) is -0.642. The van der Waals surface area contributed by atoms with Crippen LogP contribution in [0.25, 0.3) is 11.3 Å². The molecule has 0 atom stereocenters. The number of nitrogens with one attached hydrogen (secondary N) is 2. The number of aromatic nitrogens is 4. The average Bonchev–Trinajstić information content (AvgIpc) is 2.88. The molecule has 1 amide bonds. The van der Waals surface area contributed by atoms with Crippen molar-refractivity contribution >= 4 is 5.91 Å². The number of methoxy groups -OCH3 is 1. The van der Waals surface area contributed by atoms with Crippen LogP contribution in [0.15, 0.2) is 81.2 Å². The van der Waals surface area contributed by atoms with E-state index in [1.165, 1.54) is 28.9 Å². The van der Waals surface area contributed by atoms with Crippen LogP contribution in [0.3, 0.4) is 0 Å². The predicted molar refractivity (Wildman–Crippen MR) is 130 cm³/mol. The van der Waals surface area contributed by atoms with Gasteiger partial charge in [-0.15, -0.1) is 0 Å². The van der Waals surface area contributed by atoms with E-state index in [4.69, 9.17) is 4.74 Å². The molecule has 0 fully saturated rings. The Balaban J connectivity index is 1.47. The summed E-state index contributed by atoms with van der Waals surface area (Å²) in [7, 11) is 1.56. The molecule has 2 heterocycles. The van der Waals surface area contributed by atoms with Crippen LogP contribution in [0.1, 0.15) is 15.9 Å². The molecule has 0 spiro atoms. The number of aromatic amines is 1. The van der Waals surface area contributed by atoms with Gasteiger partial charge in [0.1, 0.15) is 17.1 Å². The Kier molecular flexibility index (Phi) is 7.19. The Hall–Kier alpha value is -4.80. The van der Waals surface area contributed by atoms with E-state index in [0.717, 1.165) is 16.3 Å². The Labute approximate surface area is 203 Å². The zero-order chi connectivity index (χ0) is 25.7. The quantitative estimate of drug-likeness (QED) is 0.383. The number of hydrogen-bond donors (Lipinski definition) is 2. The van der Waals surface area contributed by atoms with Crippen molar-refractivity contribution in [3.8, 4) is 17.0 Å². The maximum Gasteiger partial charge on any atom is 0.328 e. The zero-order valence-corrected chi connectivity index (χ0v) is 19.2. The van der Waals surface area contributed by atoms with E-state index in [2.05, 4.69) is 15.4 Å². The lowest BCUT2D eigenvalue weighted by atomic mass is 10.1. The summed E-state index contributed by atoms with van der Waals surface area (Å²) in [6.07, 6.45) is 1.01. The molecule has 36 heavy (non-hydrogen) atoms. The van der Waals surface area contributed by atoms with Gasteiger partial charge in [0.2, 0.25) is 0 Å². The number of hydrogen-bond acceptors (Lipinski definition) is 6. The number of carbonyl (C=O) groups is 1. The first-order valence-corrected chi connectivity index (χ1v) is 10.9. The third-order valence-electron chi connectivity index (χ3n) is 5.45. The van der Waals surface area contributed by atoms with Crippen LogP contribution in [0.5, 0.6) is 5.75 Å². The van der Waals surface area contributed by atoms with Crippen LogP contribution in [-0.2, 0) is 13.1 Å². The highest BCUT2D eigenvalue weighted by Gasteiger charge is 2.16. The first kappa shape index (κ1) is 24.3. The number of ether oxygens (including phenoxy) is 1. The minimum atomic E-state index is -0.865. The van der Waals surface area contributed by atoms with Gasteiger partial charge in [0, 0.05) is 29.9 Å². The number of nitrogens with zero attached hydrogens (tertiary/aromatic N) is 3. The van der Waals surface area contributed by atoms with Gasteiger partial charge in [-0.3, -0.25) is 19.0 Å². The fraction of sp³-hybridized carbons (Fsp3) is 0.160. The van der Waals surface area contributed by atoms with Crippen LogP contribution in [0, 0.1) is 5.82 Å². The monoisotopic (exact) mass is 491 g/mol. The molecule has 2 N–H and O–H groups in total. The smallest absolute Gasteiger partial charge is 0.328 e. The molecule has 4 aromatic rings. The molecule has 184 valence electrons. The van der Waals surface area contributed by atoms with Gasteiger partial charge in [-0.05, 0) is 36.4 Å². The fourth-order valence-corrected chi connectivity index (χ4v) is 3.51. The minimum absolute atomic E-state index is 0.0102. The van der Waals surface area contributed by atoms with Gasteiger partial charge >= 0.3 is 5.69 Å². The van der Waals surface area contributed by atoms with E-state index >= 15 is 0 Å². The van der Waals surface area contributed by atoms with Crippen molar-refractivity contribution in [2.75, 3.05) is 13.7 Å². The van der Waals surface area contributed by atoms with Crippen molar-refractivity contribution in [2.45, 2.75) is 13.1 Å². The summed E-state index contributed by atoms with van der Waals surface area (Å²) in [5, 5.41) is 6.88. The summed E-state index contributed by atoms with van der Waals surface area (Å²) in [6.45, 7) is -0.301. The topological polar surface area (TPSA) is 128 Å². The molecule has 2 aromatic heterocycles. The standard InChI is InChI=1S/C25H22FN5O5/c1-36-18-8-6-16(7-9-18)21-10-11-22(32)31(29-21)13-12-27-23(33)19-14-28-25(35)30(24(19)34)15-17-4-2-3-5-20(17)26/h2-11,14H,12-13,15H2,1H3,(H,27,33)(H,28,35). The maximum atomic E-state index is 14.0. The lowest BCUT2D eigenvalue weighted by molar-refractivity contribution is 0.0949. The van der Waals surface area contributed by atoms with E-state index in [-0.39, 0.29) is 36.3 Å². The van der Waals surface area contributed by atoms with Crippen molar-refractivity contribution < 1.29 is 13.9 Å². The number of H-pyrrole nitrogens is 1. The van der Waals surface area contributed by atoms with E-state index < -0.39 is 23.0 Å². The highest BCUT2D eigenvalue weighted by molar-refractivity contribution is 5.93. The average molecular weight is 491 g/mol. The number of halogens is 1. The van der Waals surface area contributed by atoms with Crippen molar-refractivity contribution in [3.05, 3.63) is 115 Å². The fourth-order valence-electron chi connectivity index (χ4n) is 3.51. The van der Waals surface area contributed by atoms with Gasteiger partial charge in [-0.25, -0.2) is 13.9 Å². The largest absolute Gasteiger partial charge is 0.497 e. The third-order valence-corrected chi connectivity index (χ3v) is 5.45. The molecule has 0 unspecified atom stereocenters. The zero-order valence-electron chi connectivity index (χ0n) is 19.2. The molecule has 0 saturated heterocycles. The number of amides is 1. The molecule has 0 saturated carbocycles. The van der Waals surface area contributed by atoms with E-state index in [1.54, 1.807) is 43.5 Å². The number of rotatable bonds is 8. The van der Waals surface area contributed by atoms with Crippen LogP contribution >= 0.6 is 0 Å². The van der Waals surface area contributed by atoms with Gasteiger partial charge in [0.15, 0.2) is 0 Å². The normalized spacial score (nSPS) is 10.7. The molecule has 0 aliphatic carbocycles. The predicted octanol–water partition coefficient (Wildman–Crippen LogP) is 1.39. The SMILES string of the molecule is COc1ccc(-c2ccc(=O)n(CCNC(=O)c3c[nH]c(=O)n(Cc4ccccc4F)c3=O)n2)cc1. The summed E-state index contributed by atoms with van der Waals surface area (Å²) in [5.41, 5.74) is -0.861. The summed E-state index contributed by atoms with van der Waals surface area (Å²) in [4.78, 5) is 52.1. The van der Waals surface area contributed by atoms with Gasteiger partial charge in [0.25, 0.3) is 17.0 Å². The molecule has 0 aliphatic rings. The molecule has 10 nitrogen and oxygen atoms in total. The lowest BCUT2D eigenvalue weighted by Gasteiger charge is -2.10. The van der Waals surface area contributed by atoms with Crippen LogP contribution in [0.4, 0.5) is 4.39 Å². The summed E-state index contributed by atoms with van der Waals surface area (Å²) >= 11 is 0. The number of benzene rings is 2. The van der Waals surface area contributed by atoms with Crippen LogP contribution in [-0.4, -0.2) is 38.9 Å². The van der Waals surface area contributed by atoms with E-state index in [1.807, 2.05) is 0 Å². The van der Waals surface area contributed by atoms with Crippen LogP contribution in [0.2, 0.25) is 0 Å². The van der Waals surface area contributed by atoms with Gasteiger partial charge in [-0.1, -0.05) is 18.2 Å². The van der Waals surface area contributed by atoms with Gasteiger partial charge < -0.3 is 15.0 Å². The molecule has 0 radical (unpaired) electrons. The molecular formula is C25H22FN5O5. The second-order valence-corrected chi connectivity index (χ2v) is 7.75. The Morgan fingerprint density at radius 2 is 1.81 bits per heavy atom. The Bertz CT molecular complexity index is 1570. The second kappa shape index (κ2) is 10.6. The van der Waals surface area contributed by atoms with Crippen molar-refractivity contribution in [3.63, 3.8) is 0 Å². The van der Waals surface area contributed by atoms with Gasteiger partial charge in [0.05, 0.1) is 25.9 Å². The van der Waals surface area contributed by atoms with E-state index in [9.17, 15) is 23.6 Å². The summed E-state index contributed by atoms with van der Waals surface area (Å²) in [6, 6.07) is 15.8. The number of carbonyl (C=O) groups excluding carboxylic acids is 1. The van der Waals surface area contributed by atoms with Crippen molar-refractivity contribution in [1.82, 2.24) is 24.6 Å². The summed E-state index contributed by atoms with van der Waals surface area (Å²) < 4.78 is 21.1. The molecule has 0 bridgehead atoms. The molecule has 0 aliphatic heterocycles. The maximum absolute atomic E-state index is 14.0. The first-order chi connectivity index (χ1) is 17.4. The lowest BCUT2D eigenvalue weighted by Crippen LogP contribution is -2.41. The highest BCUT2D eigenvalue weighted by Crippen LogP contribution is 2.19. The molecule has 4 rings (SSSR count). The van der Waals surface area contributed by atoms with Crippen molar-refractivity contribution in [2.24, 2.45) is 0 Å². The minimum Gasteiger partial charge on any atom is -0.497 e. The van der Waals surface area contributed by atoms with E-state index in [0.29, 0.717) is 11.4 Å². The van der Waals surface area contributed by atoms with Crippen molar-refractivity contribution in [1.29, 1.82) is 0 Å². The molecular weight excluding hydrogens is 469 g/mol.